The highest BCUT2D eigenvalue weighted by Crippen LogP contribution is 2.36. The molecule has 2 heterocycles. The van der Waals surface area contributed by atoms with Gasteiger partial charge < -0.3 is 11.1 Å². The van der Waals surface area contributed by atoms with Gasteiger partial charge in [0.25, 0.3) is 0 Å². The van der Waals surface area contributed by atoms with E-state index in [1.165, 1.54) is 11.3 Å². The van der Waals surface area contributed by atoms with E-state index in [-0.39, 0.29) is 0 Å². The number of nitrogen functional groups attached to an aromatic ring is 1. The van der Waals surface area contributed by atoms with Crippen LogP contribution in [-0.4, -0.2) is 11.4 Å². The molecule has 72 valence electrons. The summed E-state index contributed by atoms with van der Waals surface area (Å²) in [6.07, 6.45) is 2.18. The zero-order chi connectivity index (χ0) is 10.1. The molecule has 0 saturated carbocycles. The highest BCUT2D eigenvalue weighted by Gasteiger charge is 2.08. The smallest absolute Gasteiger partial charge is 0.211 e. The van der Waals surface area contributed by atoms with Gasteiger partial charge in [-0.05, 0) is 22.0 Å². The van der Waals surface area contributed by atoms with Crippen LogP contribution in [-0.2, 0) is 4.79 Å². The Bertz CT molecular complexity index is 497. The van der Waals surface area contributed by atoms with E-state index in [1.54, 1.807) is 6.20 Å². The van der Waals surface area contributed by atoms with Crippen molar-refractivity contribution in [3.63, 3.8) is 0 Å². The van der Waals surface area contributed by atoms with Crippen LogP contribution in [0.3, 0.4) is 0 Å². The van der Waals surface area contributed by atoms with Crippen molar-refractivity contribution < 1.29 is 4.79 Å². The summed E-state index contributed by atoms with van der Waals surface area (Å²) in [5.41, 5.74) is 6.37. The number of aromatic nitrogens is 1. The van der Waals surface area contributed by atoms with Crippen molar-refractivity contribution in [2.24, 2.45) is 0 Å². The summed E-state index contributed by atoms with van der Waals surface area (Å²) in [5, 5.41) is 3.44. The number of hydrogen-bond acceptors (Lipinski definition) is 4. The van der Waals surface area contributed by atoms with Crippen LogP contribution in [0.1, 0.15) is 0 Å². The highest BCUT2D eigenvalue weighted by atomic mass is 79.9. The van der Waals surface area contributed by atoms with Gasteiger partial charge in [0.1, 0.15) is 5.82 Å². The Morgan fingerprint density at radius 2 is 2.43 bits per heavy atom. The van der Waals surface area contributed by atoms with Gasteiger partial charge in [-0.3, -0.25) is 4.79 Å². The molecule has 0 bridgehead atoms. The first-order valence-corrected chi connectivity index (χ1v) is 5.37. The van der Waals surface area contributed by atoms with E-state index in [9.17, 15) is 4.79 Å². The number of halogens is 1. The van der Waals surface area contributed by atoms with Crippen LogP contribution in [0.2, 0.25) is 0 Å². The van der Waals surface area contributed by atoms with Gasteiger partial charge in [-0.15, -0.1) is 11.3 Å². The van der Waals surface area contributed by atoms with E-state index in [4.69, 9.17) is 5.73 Å². The predicted molar refractivity (Wildman–Crippen MR) is 61.4 cm³/mol. The zero-order valence-corrected chi connectivity index (χ0v) is 9.35. The number of hydrogen-bond donors (Lipinski definition) is 2. The predicted octanol–water partition coefficient (Wildman–Crippen LogP) is 2.21. The molecular formula is C8H6BrN3OS. The highest BCUT2D eigenvalue weighted by molar-refractivity contribution is 9.11. The Labute approximate surface area is 92.3 Å². The molecule has 0 unspecified atom stereocenters. The van der Waals surface area contributed by atoms with Gasteiger partial charge in [0, 0.05) is 5.39 Å². The maximum atomic E-state index is 10.3. The SMILES string of the molecule is Nc1ncc(NC=O)c2sc(Br)cc12. The lowest BCUT2D eigenvalue weighted by Crippen LogP contribution is -1.97. The fourth-order valence-electron chi connectivity index (χ4n) is 1.18. The minimum absolute atomic E-state index is 0.471. The van der Waals surface area contributed by atoms with Crippen molar-refractivity contribution >= 4 is 55.3 Å². The molecular weight excluding hydrogens is 266 g/mol. The van der Waals surface area contributed by atoms with Gasteiger partial charge in [0.05, 0.1) is 20.4 Å². The van der Waals surface area contributed by atoms with Crippen molar-refractivity contribution in [2.45, 2.75) is 0 Å². The zero-order valence-electron chi connectivity index (χ0n) is 6.95. The second kappa shape index (κ2) is 3.55. The summed E-state index contributed by atoms with van der Waals surface area (Å²) >= 11 is 4.87. The van der Waals surface area contributed by atoms with Crippen molar-refractivity contribution in [2.75, 3.05) is 11.1 Å². The third kappa shape index (κ3) is 1.46. The number of nitrogens with one attached hydrogen (secondary N) is 1. The number of nitrogens with zero attached hydrogens (tertiary/aromatic N) is 1. The van der Waals surface area contributed by atoms with Gasteiger partial charge in [0.2, 0.25) is 6.41 Å². The molecule has 3 N–H and O–H groups in total. The molecule has 4 nitrogen and oxygen atoms in total. The number of pyridine rings is 1. The maximum Gasteiger partial charge on any atom is 0.211 e. The third-order valence-electron chi connectivity index (χ3n) is 1.77. The monoisotopic (exact) mass is 271 g/mol. The van der Waals surface area contributed by atoms with Crippen LogP contribution in [0.5, 0.6) is 0 Å². The second-order valence-electron chi connectivity index (χ2n) is 2.61. The van der Waals surface area contributed by atoms with Crippen molar-refractivity contribution in [3.05, 3.63) is 16.0 Å². The largest absolute Gasteiger partial charge is 0.383 e. The summed E-state index contributed by atoms with van der Waals surface area (Å²) in [5.74, 6) is 0.471. The number of thiophene rings is 1. The van der Waals surface area contributed by atoms with Gasteiger partial charge >= 0.3 is 0 Å². The number of carbonyl (C=O) groups is 1. The Morgan fingerprint density at radius 1 is 1.64 bits per heavy atom. The number of carbonyl (C=O) groups excluding carboxylic acids is 1. The topological polar surface area (TPSA) is 68.0 Å². The number of rotatable bonds is 2. The van der Waals surface area contributed by atoms with Crippen LogP contribution in [0.4, 0.5) is 11.5 Å². The Hall–Kier alpha value is -1.14. The molecule has 1 amide bonds. The molecule has 0 radical (unpaired) electrons. The minimum atomic E-state index is 0.471. The van der Waals surface area contributed by atoms with E-state index in [2.05, 4.69) is 26.2 Å². The lowest BCUT2D eigenvalue weighted by Gasteiger charge is -2.01. The van der Waals surface area contributed by atoms with E-state index in [1.807, 2.05) is 6.07 Å². The van der Waals surface area contributed by atoms with Crippen LogP contribution in [0.15, 0.2) is 16.0 Å². The molecule has 0 aliphatic carbocycles. The summed E-state index contributed by atoms with van der Waals surface area (Å²) in [7, 11) is 0. The lowest BCUT2D eigenvalue weighted by atomic mass is 10.3. The molecule has 0 atom stereocenters. The first-order valence-electron chi connectivity index (χ1n) is 3.76. The number of anilines is 2. The third-order valence-corrected chi connectivity index (χ3v) is 3.44. The van der Waals surface area contributed by atoms with E-state index >= 15 is 0 Å². The van der Waals surface area contributed by atoms with Crippen molar-refractivity contribution in [1.29, 1.82) is 0 Å². The van der Waals surface area contributed by atoms with Crippen LogP contribution in [0.25, 0.3) is 10.1 Å². The first-order chi connectivity index (χ1) is 6.72. The van der Waals surface area contributed by atoms with Crippen molar-refractivity contribution in [1.82, 2.24) is 4.98 Å². The van der Waals surface area contributed by atoms with Crippen LogP contribution in [0, 0.1) is 0 Å². The van der Waals surface area contributed by atoms with Gasteiger partial charge in [-0.2, -0.15) is 0 Å². The van der Waals surface area contributed by atoms with Crippen LogP contribution < -0.4 is 11.1 Å². The van der Waals surface area contributed by atoms with Crippen LogP contribution >= 0.6 is 27.3 Å². The molecule has 0 aliphatic rings. The minimum Gasteiger partial charge on any atom is -0.383 e. The number of amides is 1. The maximum absolute atomic E-state index is 10.3. The molecule has 0 fully saturated rings. The van der Waals surface area contributed by atoms with Gasteiger partial charge in [-0.1, -0.05) is 0 Å². The quantitative estimate of drug-likeness (QED) is 0.823. The Morgan fingerprint density at radius 3 is 3.14 bits per heavy atom. The summed E-state index contributed by atoms with van der Waals surface area (Å²) in [6, 6.07) is 1.89. The molecule has 0 spiro atoms. The molecule has 0 saturated heterocycles. The molecule has 6 heteroatoms. The lowest BCUT2D eigenvalue weighted by molar-refractivity contribution is -0.105. The van der Waals surface area contributed by atoms with Crippen molar-refractivity contribution in [3.8, 4) is 0 Å². The molecule has 0 aliphatic heterocycles. The number of fused-ring (bicyclic) bond motifs is 1. The standard InChI is InChI=1S/C8H6BrN3OS/c9-6-1-4-7(14-6)5(12-3-13)2-11-8(4)10/h1-3H,(H2,10,11)(H,12,13). The normalized spacial score (nSPS) is 10.4. The second-order valence-corrected chi connectivity index (χ2v) is 5.04. The van der Waals surface area contributed by atoms with E-state index in [0.717, 1.165) is 13.9 Å². The van der Waals surface area contributed by atoms with E-state index in [0.29, 0.717) is 17.9 Å². The average Bonchev–Trinajstić information content (AvgIpc) is 2.53. The molecule has 2 aromatic rings. The average molecular weight is 272 g/mol. The van der Waals surface area contributed by atoms with E-state index < -0.39 is 0 Å². The summed E-state index contributed by atoms with van der Waals surface area (Å²) in [6.45, 7) is 0. The first kappa shape index (κ1) is 9.42. The fourth-order valence-corrected chi connectivity index (χ4v) is 2.76. The van der Waals surface area contributed by atoms with Gasteiger partial charge in [-0.25, -0.2) is 4.98 Å². The molecule has 2 aromatic heterocycles. The number of nitrogens with two attached hydrogens (primary N) is 1. The molecule has 0 aromatic carbocycles. The Kier molecular flexibility index (Phi) is 2.39. The summed E-state index contributed by atoms with van der Waals surface area (Å²) < 4.78 is 1.89. The van der Waals surface area contributed by atoms with Gasteiger partial charge in [0.15, 0.2) is 0 Å². The molecule has 14 heavy (non-hydrogen) atoms. The Balaban J connectivity index is 2.73. The molecule has 2 rings (SSSR count). The summed E-state index contributed by atoms with van der Waals surface area (Å²) in [4.78, 5) is 14.3. The fraction of sp³-hybridized carbons (Fsp3) is 0.